The van der Waals surface area contributed by atoms with Crippen LogP contribution in [0.1, 0.15) is 33.2 Å². The zero-order chi connectivity index (χ0) is 22.4. The molecule has 0 saturated heterocycles. The van der Waals surface area contributed by atoms with Crippen molar-refractivity contribution in [2.24, 2.45) is 5.10 Å². The van der Waals surface area contributed by atoms with Gasteiger partial charge in [0.25, 0.3) is 11.8 Å². The normalized spacial score (nSPS) is 11.0. The van der Waals surface area contributed by atoms with Gasteiger partial charge < -0.3 is 10.1 Å². The van der Waals surface area contributed by atoms with E-state index in [0.717, 1.165) is 5.56 Å². The average Bonchev–Trinajstić information content (AvgIpc) is 2.77. The fraction of sp³-hybridized carbons (Fsp3) is 0.0870. The zero-order valence-electron chi connectivity index (χ0n) is 16.8. The van der Waals surface area contributed by atoms with Gasteiger partial charge in [-0.05, 0) is 61.0 Å². The summed E-state index contributed by atoms with van der Waals surface area (Å²) in [6.45, 7) is 1.77. The second-order valence-electron chi connectivity index (χ2n) is 6.53. The molecule has 0 atom stereocenters. The van der Waals surface area contributed by atoms with Gasteiger partial charge in [0.15, 0.2) is 0 Å². The number of benzene rings is 3. The van der Waals surface area contributed by atoms with Crippen LogP contribution in [0.2, 0.25) is 10.0 Å². The molecule has 3 aromatic carbocycles. The summed E-state index contributed by atoms with van der Waals surface area (Å²) in [7, 11) is 1.54. The fourth-order valence-corrected chi connectivity index (χ4v) is 3.19. The average molecular weight is 456 g/mol. The van der Waals surface area contributed by atoms with Crippen molar-refractivity contribution in [3.05, 3.63) is 93.5 Å². The first-order chi connectivity index (χ1) is 14.9. The molecule has 0 aliphatic heterocycles. The first-order valence-electron chi connectivity index (χ1n) is 9.23. The molecule has 8 heteroatoms. The lowest BCUT2D eigenvalue weighted by Crippen LogP contribution is -2.19. The lowest BCUT2D eigenvalue weighted by Gasteiger charge is -2.08. The summed E-state index contributed by atoms with van der Waals surface area (Å²) in [6, 6.07) is 18.5. The molecule has 0 radical (unpaired) electrons. The van der Waals surface area contributed by atoms with E-state index >= 15 is 0 Å². The number of hydrogen-bond acceptors (Lipinski definition) is 4. The maximum atomic E-state index is 12.4. The highest BCUT2D eigenvalue weighted by molar-refractivity contribution is 6.37. The maximum Gasteiger partial charge on any atom is 0.271 e. The Hall–Kier alpha value is -3.35. The predicted octanol–water partition coefficient (Wildman–Crippen LogP) is 5.41. The number of anilines is 1. The number of hydrogen-bond donors (Lipinski definition) is 2. The van der Waals surface area contributed by atoms with Crippen molar-refractivity contribution in [1.82, 2.24) is 5.43 Å². The van der Waals surface area contributed by atoms with Gasteiger partial charge in [-0.3, -0.25) is 9.59 Å². The van der Waals surface area contributed by atoms with Crippen LogP contribution in [-0.2, 0) is 0 Å². The summed E-state index contributed by atoms with van der Waals surface area (Å²) < 4.78 is 5.12. The number of ether oxygens (including phenoxy) is 1. The van der Waals surface area contributed by atoms with E-state index < -0.39 is 0 Å². The third kappa shape index (κ3) is 5.84. The van der Waals surface area contributed by atoms with Crippen molar-refractivity contribution in [3.63, 3.8) is 0 Å². The fourth-order valence-electron chi connectivity index (χ4n) is 2.69. The van der Waals surface area contributed by atoms with Gasteiger partial charge in [0.1, 0.15) is 5.75 Å². The minimum absolute atomic E-state index is 0.274. The molecule has 158 valence electrons. The van der Waals surface area contributed by atoms with Gasteiger partial charge in [-0.2, -0.15) is 5.10 Å². The van der Waals surface area contributed by atoms with Crippen molar-refractivity contribution < 1.29 is 14.3 Å². The molecule has 31 heavy (non-hydrogen) atoms. The van der Waals surface area contributed by atoms with E-state index in [0.29, 0.717) is 33.3 Å². The Labute approximate surface area is 189 Å². The summed E-state index contributed by atoms with van der Waals surface area (Å²) in [5.41, 5.74) is 5.28. The van der Waals surface area contributed by atoms with Crippen LogP contribution in [-0.4, -0.2) is 24.6 Å². The maximum absolute atomic E-state index is 12.4. The number of nitrogens with zero attached hydrogens (tertiary/aromatic N) is 1. The number of halogens is 2. The summed E-state index contributed by atoms with van der Waals surface area (Å²) in [5, 5.41) is 7.65. The quantitative estimate of drug-likeness (QED) is 0.385. The molecular weight excluding hydrogens is 437 g/mol. The lowest BCUT2D eigenvalue weighted by molar-refractivity contribution is 0.0953. The topological polar surface area (TPSA) is 79.8 Å². The lowest BCUT2D eigenvalue weighted by atomic mass is 10.1. The standard InChI is InChI=1S/C23H19Cl2N3O3/c1-14(27-28-22(29)16-4-3-5-19(12-16)31-2)15-6-9-18(10-7-15)26-23(30)20-11-8-17(24)13-21(20)25/h3-13H,1-2H3,(H,26,30)(H,28,29)/b27-14-. The van der Waals surface area contributed by atoms with E-state index in [2.05, 4.69) is 15.8 Å². The Balaban J connectivity index is 1.64. The number of nitrogens with one attached hydrogen (secondary N) is 2. The second-order valence-corrected chi connectivity index (χ2v) is 7.37. The molecule has 0 aliphatic rings. The molecular formula is C23H19Cl2N3O3. The smallest absolute Gasteiger partial charge is 0.271 e. The highest BCUT2D eigenvalue weighted by atomic mass is 35.5. The largest absolute Gasteiger partial charge is 0.497 e. The van der Waals surface area contributed by atoms with E-state index in [1.165, 1.54) is 13.2 Å². The van der Waals surface area contributed by atoms with Crippen LogP contribution < -0.4 is 15.5 Å². The monoisotopic (exact) mass is 455 g/mol. The Morgan fingerprint density at radius 2 is 1.65 bits per heavy atom. The molecule has 0 aliphatic carbocycles. The Bertz CT molecular complexity index is 1150. The number of amides is 2. The van der Waals surface area contributed by atoms with Crippen LogP contribution >= 0.6 is 23.2 Å². The van der Waals surface area contributed by atoms with Gasteiger partial charge in [-0.25, -0.2) is 5.43 Å². The first kappa shape index (κ1) is 22.3. The molecule has 0 bridgehead atoms. The SMILES string of the molecule is COc1cccc(C(=O)N/N=C(/C)c2ccc(NC(=O)c3ccc(Cl)cc3Cl)cc2)c1. The van der Waals surface area contributed by atoms with E-state index in [1.54, 1.807) is 67.6 Å². The number of carbonyl (C=O) groups is 2. The van der Waals surface area contributed by atoms with E-state index in [9.17, 15) is 9.59 Å². The summed E-state index contributed by atoms with van der Waals surface area (Å²) in [6.07, 6.45) is 0. The molecule has 0 heterocycles. The van der Waals surface area contributed by atoms with Gasteiger partial charge in [0, 0.05) is 16.3 Å². The van der Waals surface area contributed by atoms with E-state index in [-0.39, 0.29) is 16.8 Å². The van der Waals surface area contributed by atoms with Crippen LogP contribution in [0.25, 0.3) is 0 Å². The Kier molecular flexibility index (Phi) is 7.28. The van der Waals surface area contributed by atoms with Crippen LogP contribution in [0, 0.1) is 0 Å². The van der Waals surface area contributed by atoms with E-state index in [1.807, 2.05) is 0 Å². The summed E-state index contributed by atoms with van der Waals surface area (Å²) >= 11 is 11.9. The number of methoxy groups -OCH3 is 1. The molecule has 0 unspecified atom stereocenters. The van der Waals surface area contributed by atoms with Gasteiger partial charge in [-0.15, -0.1) is 0 Å². The molecule has 2 amide bonds. The third-order valence-electron chi connectivity index (χ3n) is 4.39. The van der Waals surface area contributed by atoms with Gasteiger partial charge >= 0.3 is 0 Å². The molecule has 3 aromatic rings. The highest BCUT2D eigenvalue weighted by Crippen LogP contribution is 2.22. The molecule has 3 rings (SSSR count). The minimum atomic E-state index is -0.345. The second kappa shape index (κ2) is 10.1. The predicted molar refractivity (Wildman–Crippen MR) is 124 cm³/mol. The number of carbonyl (C=O) groups excluding carboxylic acids is 2. The van der Waals surface area contributed by atoms with Crippen molar-refractivity contribution in [3.8, 4) is 5.75 Å². The zero-order valence-corrected chi connectivity index (χ0v) is 18.3. The minimum Gasteiger partial charge on any atom is -0.497 e. The summed E-state index contributed by atoms with van der Waals surface area (Å²) in [5.74, 6) is -0.0989. The van der Waals surface area contributed by atoms with Crippen molar-refractivity contribution in [2.45, 2.75) is 6.92 Å². The number of hydrazone groups is 1. The van der Waals surface area contributed by atoms with Crippen LogP contribution in [0.3, 0.4) is 0 Å². The van der Waals surface area contributed by atoms with Crippen molar-refractivity contribution in [2.75, 3.05) is 12.4 Å². The molecule has 2 N–H and O–H groups in total. The molecule has 0 spiro atoms. The number of rotatable bonds is 6. The van der Waals surface area contributed by atoms with Crippen LogP contribution in [0.4, 0.5) is 5.69 Å². The molecule has 0 saturated carbocycles. The first-order valence-corrected chi connectivity index (χ1v) is 9.98. The van der Waals surface area contributed by atoms with Crippen LogP contribution in [0.15, 0.2) is 71.8 Å². The molecule has 0 aromatic heterocycles. The van der Waals surface area contributed by atoms with E-state index in [4.69, 9.17) is 27.9 Å². The van der Waals surface area contributed by atoms with Crippen LogP contribution in [0.5, 0.6) is 5.75 Å². The van der Waals surface area contributed by atoms with Gasteiger partial charge in [0.2, 0.25) is 0 Å². The van der Waals surface area contributed by atoms with Gasteiger partial charge in [0.05, 0.1) is 23.4 Å². The van der Waals surface area contributed by atoms with Crippen molar-refractivity contribution >= 4 is 46.4 Å². The summed E-state index contributed by atoms with van der Waals surface area (Å²) in [4.78, 5) is 24.7. The highest BCUT2D eigenvalue weighted by Gasteiger charge is 2.11. The molecule has 6 nitrogen and oxygen atoms in total. The van der Waals surface area contributed by atoms with Crippen molar-refractivity contribution in [1.29, 1.82) is 0 Å². The molecule has 0 fully saturated rings. The Morgan fingerprint density at radius 3 is 2.32 bits per heavy atom. The van der Waals surface area contributed by atoms with Gasteiger partial charge in [-0.1, -0.05) is 41.4 Å². The Morgan fingerprint density at radius 1 is 0.903 bits per heavy atom. The third-order valence-corrected chi connectivity index (χ3v) is 4.94.